The molecule has 0 bridgehead atoms. The van der Waals surface area contributed by atoms with Gasteiger partial charge in [-0.15, -0.1) is 0 Å². The van der Waals surface area contributed by atoms with Crippen molar-refractivity contribution in [1.82, 2.24) is 10.2 Å². The number of nitrogens with one attached hydrogen (secondary N) is 1. The SMILES string of the molecule is CCN(CC1CCCCN1)C1Cc2ccccc2C1. The molecule has 1 atom stereocenters. The first-order chi connectivity index (χ1) is 9.36. The number of rotatable bonds is 4. The molecule has 0 amide bonds. The van der Waals surface area contributed by atoms with Gasteiger partial charge in [-0.2, -0.15) is 0 Å². The highest BCUT2D eigenvalue weighted by Crippen LogP contribution is 2.25. The maximum absolute atomic E-state index is 3.69. The molecule has 1 heterocycles. The van der Waals surface area contributed by atoms with Crippen LogP contribution in [0.2, 0.25) is 0 Å². The third-order valence-electron chi connectivity index (χ3n) is 4.82. The zero-order valence-electron chi connectivity index (χ0n) is 12.1. The first-order valence-corrected chi connectivity index (χ1v) is 7.91. The van der Waals surface area contributed by atoms with Crippen LogP contribution in [0.5, 0.6) is 0 Å². The second-order valence-electron chi connectivity index (χ2n) is 6.07. The Kier molecular flexibility index (Phi) is 4.19. The van der Waals surface area contributed by atoms with Crippen LogP contribution in [0.15, 0.2) is 24.3 Å². The van der Waals surface area contributed by atoms with Crippen LogP contribution < -0.4 is 5.32 Å². The Labute approximate surface area is 117 Å². The van der Waals surface area contributed by atoms with Crippen molar-refractivity contribution in [2.45, 2.75) is 51.1 Å². The minimum Gasteiger partial charge on any atom is -0.313 e. The van der Waals surface area contributed by atoms with Crippen molar-refractivity contribution in [2.75, 3.05) is 19.6 Å². The third kappa shape index (κ3) is 3.01. The van der Waals surface area contributed by atoms with Gasteiger partial charge in [0.15, 0.2) is 0 Å². The van der Waals surface area contributed by atoms with Gasteiger partial charge in [0.2, 0.25) is 0 Å². The Morgan fingerprint density at radius 2 is 1.89 bits per heavy atom. The monoisotopic (exact) mass is 258 g/mol. The highest BCUT2D eigenvalue weighted by molar-refractivity contribution is 5.33. The van der Waals surface area contributed by atoms with Crippen molar-refractivity contribution in [3.05, 3.63) is 35.4 Å². The van der Waals surface area contributed by atoms with E-state index in [2.05, 4.69) is 41.4 Å². The quantitative estimate of drug-likeness (QED) is 0.893. The highest BCUT2D eigenvalue weighted by atomic mass is 15.2. The molecule has 1 saturated heterocycles. The van der Waals surface area contributed by atoms with Crippen molar-refractivity contribution < 1.29 is 0 Å². The average molecular weight is 258 g/mol. The van der Waals surface area contributed by atoms with Gasteiger partial charge in [0.05, 0.1) is 0 Å². The number of hydrogen-bond acceptors (Lipinski definition) is 2. The van der Waals surface area contributed by atoms with Gasteiger partial charge in [0.25, 0.3) is 0 Å². The van der Waals surface area contributed by atoms with Crippen LogP contribution in [0.4, 0.5) is 0 Å². The molecule has 2 heteroatoms. The summed E-state index contributed by atoms with van der Waals surface area (Å²) in [6.07, 6.45) is 6.61. The Morgan fingerprint density at radius 3 is 2.47 bits per heavy atom. The highest BCUT2D eigenvalue weighted by Gasteiger charge is 2.27. The fourth-order valence-electron chi connectivity index (χ4n) is 3.69. The van der Waals surface area contributed by atoms with E-state index in [1.54, 1.807) is 11.1 Å². The van der Waals surface area contributed by atoms with Crippen LogP contribution >= 0.6 is 0 Å². The van der Waals surface area contributed by atoms with Crippen LogP contribution in [0.3, 0.4) is 0 Å². The summed E-state index contributed by atoms with van der Waals surface area (Å²) in [5.74, 6) is 0. The van der Waals surface area contributed by atoms with Gasteiger partial charge in [-0.05, 0) is 49.9 Å². The smallest absolute Gasteiger partial charge is 0.0195 e. The molecule has 19 heavy (non-hydrogen) atoms. The standard InChI is InChI=1S/C17H26N2/c1-2-19(13-16-9-5-6-10-18-16)17-11-14-7-3-4-8-15(14)12-17/h3-4,7-8,16-18H,2,5-6,9-13H2,1H3. The number of nitrogens with zero attached hydrogens (tertiary/aromatic N) is 1. The van der Waals surface area contributed by atoms with Crippen LogP contribution in [-0.2, 0) is 12.8 Å². The molecule has 1 aliphatic carbocycles. The number of hydrogen-bond donors (Lipinski definition) is 1. The van der Waals surface area contributed by atoms with Gasteiger partial charge in [-0.3, -0.25) is 4.90 Å². The summed E-state index contributed by atoms with van der Waals surface area (Å²) in [5, 5.41) is 3.69. The minimum atomic E-state index is 0.720. The van der Waals surface area contributed by atoms with Gasteiger partial charge >= 0.3 is 0 Å². The first kappa shape index (κ1) is 13.1. The zero-order chi connectivity index (χ0) is 13.1. The van der Waals surface area contributed by atoms with Crippen LogP contribution in [0, 0.1) is 0 Å². The fraction of sp³-hybridized carbons (Fsp3) is 0.647. The number of piperidine rings is 1. The summed E-state index contributed by atoms with van der Waals surface area (Å²) in [6.45, 7) is 5.94. The zero-order valence-corrected chi connectivity index (χ0v) is 12.1. The Bertz CT molecular complexity index is 384. The van der Waals surface area contributed by atoms with E-state index in [9.17, 15) is 0 Å². The van der Waals surface area contributed by atoms with E-state index >= 15 is 0 Å². The van der Waals surface area contributed by atoms with Gasteiger partial charge < -0.3 is 5.32 Å². The Morgan fingerprint density at radius 1 is 1.16 bits per heavy atom. The van der Waals surface area contributed by atoms with Crippen molar-refractivity contribution in [2.24, 2.45) is 0 Å². The van der Waals surface area contributed by atoms with Gasteiger partial charge in [0, 0.05) is 18.6 Å². The molecule has 1 aliphatic heterocycles. The van der Waals surface area contributed by atoms with Crippen LogP contribution in [0.25, 0.3) is 0 Å². The van der Waals surface area contributed by atoms with E-state index in [0.29, 0.717) is 0 Å². The summed E-state index contributed by atoms with van der Waals surface area (Å²) in [4.78, 5) is 2.70. The lowest BCUT2D eigenvalue weighted by molar-refractivity contribution is 0.177. The van der Waals surface area contributed by atoms with Crippen molar-refractivity contribution >= 4 is 0 Å². The molecule has 1 fully saturated rings. The molecular weight excluding hydrogens is 232 g/mol. The summed E-state index contributed by atoms with van der Waals surface area (Å²) in [6, 6.07) is 10.4. The van der Waals surface area contributed by atoms with Crippen LogP contribution in [-0.4, -0.2) is 36.6 Å². The third-order valence-corrected chi connectivity index (χ3v) is 4.82. The predicted molar refractivity (Wildman–Crippen MR) is 80.5 cm³/mol. The summed E-state index contributed by atoms with van der Waals surface area (Å²) < 4.78 is 0. The van der Waals surface area contributed by atoms with Crippen molar-refractivity contribution in [1.29, 1.82) is 0 Å². The van der Waals surface area contributed by atoms with E-state index in [0.717, 1.165) is 12.1 Å². The molecule has 0 radical (unpaired) electrons. The summed E-state index contributed by atoms with van der Waals surface area (Å²) in [7, 11) is 0. The van der Waals surface area contributed by atoms with Gasteiger partial charge in [0.1, 0.15) is 0 Å². The molecule has 1 N–H and O–H groups in total. The van der Waals surface area contributed by atoms with E-state index < -0.39 is 0 Å². The lowest BCUT2D eigenvalue weighted by atomic mass is 10.0. The molecule has 2 aliphatic rings. The maximum atomic E-state index is 3.69. The first-order valence-electron chi connectivity index (χ1n) is 7.91. The summed E-state index contributed by atoms with van der Waals surface area (Å²) in [5.41, 5.74) is 3.14. The van der Waals surface area contributed by atoms with Gasteiger partial charge in [-0.1, -0.05) is 37.6 Å². The van der Waals surface area contributed by atoms with Crippen LogP contribution in [0.1, 0.15) is 37.3 Å². The van der Waals surface area contributed by atoms with E-state index in [1.807, 2.05) is 0 Å². The Balaban J connectivity index is 1.61. The number of fused-ring (bicyclic) bond motifs is 1. The average Bonchev–Trinajstić information content (AvgIpc) is 2.89. The normalized spacial score (nSPS) is 23.8. The van der Waals surface area contributed by atoms with E-state index in [4.69, 9.17) is 0 Å². The molecule has 0 aromatic heterocycles. The predicted octanol–water partition coefficient (Wildman–Crippen LogP) is 2.62. The molecule has 0 saturated carbocycles. The second kappa shape index (κ2) is 6.06. The van der Waals surface area contributed by atoms with E-state index in [-0.39, 0.29) is 0 Å². The van der Waals surface area contributed by atoms with E-state index in [1.165, 1.54) is 51.7 Å². The minimum absolute atomic E-state index is 0.720. The molecule has 1 aromatic carbocycles. The molecular formula is C17H26N2. The van der Waals surface area contributed by atoms with Crippen molar-refractivity contribution in [3.8, 4) is 0 Å². The molecule has 104 valence electrons. The Hall–Kier alpha value is -0.860. The maximum Gasteiger partial charge on any atom is 0.0195 e. The fourth-order valence-corrected chi connectivity index (χ4v) is 3.69. The largest absolute Gasteiger partial charge is 0.313 e. The molecule has 3 rings (SSSR count). The second-order valence-corrected chi connectivity index (χ2v) is 6.07. The summed E-state index contributed by atoms with van der Waals surface area (Å²) >= 11 is 0. The molecule has 2 nitrogen and oxygen atoms in total. The lowest BCUT2D eigenvalue weighted by Crippen LogP contribution is -2.47. The molecule has 1 aromatic rings. The molecule has 0 spiro atoms. The lowest BCUT2D eigenvalue weighted by Gasteiger charge is -2.33. The topological polar surface area (TPSA) is 15.3 Å². The number of likely N-dealkylation sites (N-methyl/N-ethyl adjacent to an activating group) is 1. The number of benzene rings is 1. The molecule has 1 unspecified atom stereocenters. The van der Waals surface area contributed by atoms with Gasteiger partial charge in [-0.25, -0.2) is 0 Å². The van der Waals surface area contributed by atoms with Crippen molar-refractivity contribution in [3.63, 3.8) is 0 Å².